The summed E-state index contributed by atoms with van der Waals surface area (Å²) in [6.45, 7) is 0. The van der Waals surface area contributed by atoms with E-state index in [0.717, 1.165) is 27.9 Å². The molecule has 0 bridgehead atoms. The minimum Gasteiger partial charge on any atom is -0.439 e. The standard InChI is InChI=1S/C31H25N3O2/c1-32-25-15-18-27(19-16-25)36-30-20-17-26(21-33-30)34-31(35)29-10-6-5-9-28(29)24-13-11-23(12-14-24)22-7-3-2-4-8-22/h2-21,32H,1H3,(H,34,35). The number of aromatic nitrogens is 1. The van der Waals surface area contributed by atoms with Gasteiger partial charge in [0.05, 0.1) is 11.9 Å². The fourth-order valence-corrected chi connectivity index (χ4v) is 3.93. The summed E-state index contributed by atoms with van der Waals surface area (Å²) in [7, 11) is 1.87. The number of carbonyl (C=O) groups is 1. The van der Waals surface area contributed by atoms with Crippen molar-refractivity contribution in [3.63, 3.8) is 0 Å². The summed E-state index contributed by atoms with van der Waals surface area (Å²) in [6.07, 6.45) is 1.59. The minimum absolute atomic E-state index is 0.198. The molecule has 0 fully saturated rings. The number of pyridine rings is 1. The van der Waals surface area contributed by atoms with Crippen molar-refractivity contribution in [2.75, 3.05) is 17.7 Å². The number of nitrogens with zero attached hydrogens (tertiary/aromatic N) is 1. The number of rotatable bonds is 7. The molecule has 1 aromatic heterocycles. The van der Waals surface area contributed by atoms with Crippen molar-refractivity contribution < 1.29 is 9.53 Å². The first-order chi connectivity index (χ1) is 17.7. The molecule has 1 amide bonds. The fourth-order valence-electron chi connectivity index (χ4n) is 3.93. The van der Waals surface area contributed by atoms with Gasteiger partial charge in [0.25, 0.3) is 5.91 Å². The normalized spacial score (nSPS) is 10.5. The molecule has 0 atom stereocenters. The number of amides is 1. The molecule has 2 N–H and O–H groups in total. The Labute approximate surface area is 210 Å². The lowest BCUT2D eigenvalue weighted by molar-refractivity contribution is 0.102. The highest BCUT2D eigenvalue weighted by atomic mass is 16.5. The fraction of sp³-hybridized carbons (Fsp3) is 0.0323. The first kappa shape index (κ1) is 22.9. The van der Waals surface area contributed by atoms with E-state index in [2.05, 4.69) is 39.9 Å². The highest BCUT2D eigenvalue weighted by Crippen LogP contribution is 2.28. The van der Waals surface area contributed by atoms with Crippen LogP contribution in [0.15, 0.2) is 121 Å². The zero-order chi connectivity index (χ0) is 24.7. The van der Waals surface area contributed by atoms with E-state index in [9.17, 15) is 4.79 Å². The van der Waals surface area contributed by atoms with Crippen molar-refractivity contribution >= 4 is 17.3 Å². The predicted octanol–water partition coefficient (Wildman–Crippen LogP) is 7.50. The van der Waals surface area contributed by atoms with E-state index >= 15 is 0 Å². The van der Waals surface area contributed by atoms with Crippen LogP contribution in [0.25, 0.3) is 22.3 Å². The van der Waals surface area contributed by atoms with E-state index in [1.165, 1.54) is 0 Å². The monoisotopic (exact) mass is 471 g/mol. The van der Waals surface area contributed by atoms with Gasteiger partial charge in [-0.3, -0.25) is 4.79 Å². The molecule has 36 heavy (non-hydrogen) atoms. The summed E-state index contributed by atoms with van der Waals surface area (Å²) in [5, 5.41) is 6.02. The molecule has 1 heterocycles. The van der Waals surface area contributed by atoms with Gasteiger partial charge >= 0.3 is 0 Å². The van der Waals surface area contributed by atoms with Crippen LogP contribution in [0.1, 0.15) is 10.4 Å². The molecule has 5 nitrogen and oxygen atoms in total. The summed E-state index contributed by atoms with van der Waals surface area (Å²) in [6, 6.07) is 37.2. The Morgan fingerprint density at radius 1 is 0.667 bits per heavy atom. The molecule has 0 saturated carbocycles. The van der Waals surface area contributed by atoms with Crippen LogP contribution in [0.5, 0.6) is 11.6 Å². The Morgan fingerprint density at radius 3 is 2.00 bits per heavy atom. The van der Waals surface area contributed by atoms with Gasteiger partial charge in [-0.2, -0.15) is 0 Å². The number of carbonyl (C=O) groups excluding carboxylic acids is 1. The molecular formula is C31H25N3O2. The Morgan fingerprint density at radius 2 is 1.31 bits per heavy atom. The van der Waals surface area contributed by atoms with Crippen LogP contribution in [0.3, 0.4) is 0 Å². The maximum atomic E-state index is 13.2. The van der Waals surface area contributed by atoms with Crippen molar-refractivity contribution in [1.82, 2.24) is 4.98 Å². The first-order valence-electron chi connectivity index (χ1n) is 11.7. The van der Waals surface area contributed by atoms with Crippen LogP contribution in [-0.2, 0) is 0 Å². The second-order valence-electron chi connectivity index (χ2n) is 8.20. The van der Waals surface area contributed by atoms with E-state index < -0.39 is 0 Å². The van der Waals surface area contributed by atoms with Crippen LogP contribution in [0.4, 0.5) is 11.4 Å². The molecule has 0 aliphatic heterocycles. The summed E-state index contributed by atoms with van der Waals surface area (Å²) in [5.41, 5.74) is 6.32. The Hall–Kier alpha value is -4.90. The van der Waals surface area contributed by atoms with Crippen LogP contribution in [-0.4, -0.2) is 17.9 Å². The van der Waals surface area contributed by atoms with Gasteiger partial charge in [-0.1, -0.05) is 72.8 Å². The van der Waals surface area contributed by atoms with E-state index in [-0.39, 0.29) is 5.91 Å². The van der Waals surface area contributed by atoms with E-state index in [4.69, 9.17) is 4.74 Å². The van der Waals surface area contributed by atoms with Gasteiger partial charge in [-0.05, 0) is 58.7 Å². The molecule has 0 unspecified atom stereocenters. The molecule has 176 valence electrons. The van der Waals surface area contributed by atoms with Crippen LogP contribution < -0.4 is 15.4 Å². The van der Waals surface area contributed by atoms with E-state index in [1.807, 2.05) is 85.9 Å². The zero-order valence-electron chi connectivity index (χ0n) is 19.8. The number of ether oxygens (including phenoxy) is 1. The van der Waals surface area contributed by atoms with Gasteiger partial charge in [0.1, 0.15) is 5.75 Å². The average Bonchev–Trinajstić information content (AvgIpc) is 2.95. The summed E-state index contributed by atoms with van der Waals surface area (Å²) in [5.74, 6) is 0.936. The third-order valence-corrected chi connectivity index (χ3v) is 5.83. The molecule has 0 spiro atoms. The highest BCUT2D eigenvalue weighted by Gasteiger charge is 2.13. The largest absolute Gasteiger partial charge is 0.439 e. The average molecular weight is 472 g/mol. The molecule has 0 aliphatic rings. The third kappa shape index (κ3) is 5.26. The highest BCUT2D eigenvalue weighted by molar-refractivity contribution is 6.08. The number of hydrogen-bond acceptors (Lipinski definition) is 4. The van der Waals surface area contributed by atoms with Gasteiger partial charge in [0.15, 0.2) is 0 Å². The Bertz CT molecular complexity index is 1450. The van der Waals surface area contributed by atoms with Crippen LogP contribution >= 0.6 is 0 Å². The SMILES string of the molecule is CNc1ccc(Oc2ccc(NC(=O)c3ccccc3-c3ccc(-c4ccccc4)cc3)cn2)cc1. The Kier molecular flexibility index (Phi) is 6.72. The van der Waals surface area contributed by atoms with Crippen molar-refractivity contribution in [3.05, 3.63) is 127 Å². The topological polar surface area (TPSA) is 63.2 Å². The number of hydrogen-bond donors (Lipinski definition) is 2. The Balaban J connectivity index is 1.29. The van der Waals surface area contributed by atoms with Gasteiger partial charge in [-0.15, -0.1) is 0 Å². The molecule has 5 aromatic rings. The number of nitrogens with one attached hydrogen (secondary N) is 2. The van der Waals surface area contributed by atoms with Crippen molar-refractivity contribution in [2.24, 2.45) is 0 Å². The smallest absolute Gasteiger partial charge is 0.256 e. The van der Waals surface area contributed by atoms with Crippen molar-refractivity contribution in [2.45, 2.75) is 0 Å². The molecule has 0 radical (unpaired) electrons. The number of benzene rings is 4. The molecule has 0 aliphatic carbocycles. The summed E-state index contributed by atoms with van der Waals surface area (Å²) in [4.78, 5) is 17.5. The first-order valence-corrected chi connectivity index (χ1v) is 11.7. The molecule has 0 saturated heterocycles. The lowest BCUT2D eigenvalue weighted by atomic mass is 9.96. The lowest BCUT2D eigenvalue weighted by Crippen LogP contribution is -2.13. The summed E-state index contributed by atoms with van der Waals surface area (Å²) >= 11 is 0. The third-order valence-electron chi connectivity index (χ3n) is 5.83. The molecule has 4 aromatic carbocycles. The molecule has 5 heteroatoms. The van der Waals surface area contributed by atoms with Gasteiger partial charge in [0.2, 0.25) is 5.88 Å². The quantitative estimate of drug-likeness (QED) is 0.258. The minimum atomic E-state index is -0.198. The number of anilines is 2. The maximum absolute atomic E-state index is 13.2. The second-order valence-corrected chi connectivity index (χ2v) is 8.20. The lowest BCUT2D eigenvalue weighted by Gasteiger charge is -2.12. The van der Waals surface area contributed by atoms with Crippen LogP contribution in [0, 0.1) is 0 Å². The molecular weight excluding hydrogens is 446 g/mol. The van der Waals surface area contributed by atoms with Gasteiger partial charge < -0.3 is 15.4 Å². The van der Waals surface area contributed by atoms with E-state index in [0.29, 0.717) is 22.9 Å². The molecule has 5 rings (SSSR count). The second kappa shape index (κ2) is 10.6. The van der Waals surface area contributed by atoms with Crippen molar-refractivity contribution in [1.29, 1.82) is 0 Å². The van der Waals surface area contributed by atoms with Gasteiger partial charge in [-0.25, -0.2) is 4.98 Å². The predicted molar refractivity (Wildman–Crippen MR) is 146 cm³/mol. The maximum Gasteiger partial charge on any atom is 0.256 e. The van der Waals surface area contributed by atoms with E-state index in [1.54, 1.807) is 18.3 Å². The zero-order valence-corrected chi connectivity index (χ0v) is 19.8. The van der Waals surface area contributed by atoms with Crippen molar-refractivity contribution in [3.8, 4) is 33.9 Å². The summed E-state index contributed by atoms with van der Waals surface area (Å²) < 4.78 is 5.79. The van der Waals surface area contributed by atoms with Gasteiger partial charge in [0, 0.05) is 24.4 Å². The van der Waals surface area contributed by atoms with Crippen LogP contribution in [0.2, 0.25) is 0 Å².